The number of nitro groups is 1. The van der Waals surface area contributed by atoms with Gasteiger partial charge in [-0.3, -0.25) is 19.9 Å². The van der Waals surface area contributed by atoms with Crippen LogP contribution in [0.1, 0.15) is 20.3 Å². The zero-order chi connectivity index (χ0) is 13.3. The zero-order valence-corrected chi connectivity index (χ0v) is 10.2. The second kappa shape index (κ2) is 4.56. The summed E-state index contributed by atoms with van der Waals surface area (Å²) in [5, 5.41) is 10.7. The van der Waals surface area contributed by atoms with Gasteiger partial charge in [0.25, 0.3) is 5.69 Å². The number of fused-ring (bicyclic) bond motifs is 1. The quantitative estimate of drug-likeness (QED) is 0.595. The lowest BCUT2D eigenvalue weighted by molar-refractivity contribution is -0.384. The van der Waals surface area contributed by atoms with E-state index in [0.29, 0.717) is 23.6 Å². The average molecular weight is 247 g/mol. The molecule has 0 spiro atoms. The van der Waals surface area contributed by atoms with Crippen molar-refractivity contribution in [3.05, 3.63) is 28.3 Å². The van der Waals surface area contributed by atoms with Crippen LogP contribution in [-0.4, -0.2) is 23.1 Å². The Morgan fingerprint density at radius 1 is 1.50 bits per heavy atom. The summed E-state index contributed by atoms with van der Waals surface area (Å²) in [6.45, 7) is 4.13. The molecule has 0 aliphatic carbocycles. The number of benzene rings is 1. The van der Waals surface area contributed by atoms with Gasteiger partial charge in [0.1, 0.15) is 0 Å². The first-order valence-electron chi connectivity index (χ1n) is 5.66. The standard InChI is InChI=1S/C12H13N3O3/c1-3-14-11-5-4-9(15(17)18)7-10(11)13-8(2)6-12(14)16/h4-5,7H,3,6H2,1-2H3. The van der Waals surface area contributed by atoms with Crippen molar-refractivity contribution in [1.82, 2.24) is 0 Å². The summed E-state index contributed by atoms with van der Waals surface area (Å²) in [5.41, 5.74) is 1.76. The zero-order valence-electron chi connectivity index (χ0n) is 10.2. The molecule has 6 nitrogen and oxygen atoms in total. The number of anilines is 1. The van der Waals surface area contributed by atoms with Gasteiger partial charge in [0, 0.05) is 24.4 Å². The van der Waals surface area contributed by atoms with E-state index in [1.807, 2.05) is 6.92 Å². The number of nitrogens with zero attached hydrogens (tertiary/aromatic N) is 3. The van der Waals surface area contributed by atoms with Crippen molar-refractivity contribution in [3.63, 3.8) is 0 Å². The molecule has 0 saturated heterocycles. The van der Waals surface area contributed by atoms with Gasteiger partial charge in [-0.05, 0) is 19.9 Å². The summed E-state index contributed by atoms with van der Waals surface area (Å²) >= 11 is 0. The minimum atomic E-state index is -0.464. The lowest BCUT2D eigenvalue weighted by Gasteiger charge is -2.20. The molecule has 0 saturated carbocycles. The van der Waals surface area contributed by atoms with E-state index in [1.54, 1.807) is 17.9 Å². The van der Waals surface area contributed by atoms with E-state index in [-0.39, 0.29) is 18.0 Å². The topological polar surface area (TPSA) is 75.8 Å². The lowest BCUT2D eigenvalue weighted by Crippen LogP contribution is -2.30. The first-order valence-corrected chi connectivity index (χ1v) is 5.66. The molecule has 0 aromatic heterocycles. The Labute approximate surface area is 104 Å². The summed E-state index contributed by atoms with van der Waals surface area (Å²) in [5.74, 6) is -0.0358. The number of hydrogen-bond acceptors (Lipinski definition) is 4. The van der Waals surface area contributed by atoms with Gasteiger partial charge in [-0.25, -0.2) is 0 Å². The molecule has 0 unspecified atom stereocenters. The summed E-state index contributed by atoms with van der Waals surface area (Å²) in [4.78, 5) is 28.1. The van der Waals surface area contributed by atoms with Gasteiger partial charge in [0.05, 0.1) is 22.7 Å². The number of rotatable bonds is 2. The minimum absolute atomic E-state index is 0.0179. The van der Waals surface area contributed by atoms with E-state index >= 15 is 0 Å². The number of hydrogen-bond donors (Lipinski definition) is 0. The second-order valence-corrected chi connectivity index (χ2v) is 4.09. The van der Waals surface area contributed by atoms with E-state index in [4.69, 9.17) is 0 Å². The van der Waals surface area contributed by atoms with Gasteiger partial charge in [-0.1, -0.05) is 0 Å². The number of carbonyl (C=O) groups is 1. The van der Waals surface area contributed by atoms with Crippen LogP contribution in [0, 0.1) is 10.1 Å². The van der Waals surface area contributed by atoms with Crippen LogP contribution in [0.3, 0.4) is 0 Å². The van der Waals surface area contributed by atoms with Crippen LogP contribution in [0.5, 0.6) is 0 Å². The largest absolute Gasteiger partial charge is 0.310 e. The van der Waals surface area contributed by atoms with Gasteiger partial charge >= 0.3 is 0 Å². The van der Waals surface area contributed by atoms with Crippen LogP contribution in [-0.2, 0) is 4.79 Å². The maximum atomic E-state index is 11.9. The van der Waals surface area contributed by atoms with Crippen molar-refractivity contribution in [2.45, 2.75) is 20.3 Å². The number of amides is 1. The summed E-state index contributed by atoms with van der Waals surface area (Å²) in [6, 6.07) is 4.38. The molecule has 0 radical (unpaired) electrons. The highest BCUT2D eigenvalue weighted by Gasteiger charge is 2.23. The van der Waals surface area contributed by atoms with Gasteiger partial charge < -0.3 is 4.90 Å². The van der Waals surface area contributed by atoms with Crippen LogP contribution in [0.15, 0.2) is 23.2 Å². The van der Waals surface area contributed by atoms with Crippen LogP contribution in [0.2, 0.25) is 0 Å². The average Bonchev–Trinajstić information content (AvgIpc) is 2.42. The molecule has 1 aliphatic rings. The second-order valence-electron chi connectivity index (χ2n) is 4.09. The normalized spacial score (nSPS) is 14.9. The number of carbonyl (C=O) groups excluding carboxylic acids is 1. The summed E-state index contributed by atoms with van der Waals surface area (Å²) in [7, 11) is 0. The third kappa shape index (κ3) is 2.09. The maximum Gasteiger partial charge on any atom is 0.271 e. The molecular weight excluding hydrogens is 234 g/mol. The van der Waals surface area contributed by atoms with E-state index in [0.717, 1.165) is 0 Å². The Morgan fingerprint density at radius 2 is 2.22 bits per heavy atom. The predicted molar refractivity (Wildman–Crippen MR) is 68.5 cm³/mol. The molecule has 1 aromatic carbocycles. The van der Waals surface area contributed by atoms with Crippen molar-refractivity contribution in [3.8, 4) is 0 Å². The van der Waals surface area contributed by atoms with Gasteiger partial charge in [0.15, 0.2) is 0 Å². The molecule has 0 bridgehead atoms. The SMILES string of the molecule is CCN1C(=O)CC(C)=Nc2cc([N+](=O)[O-])ccc21. The third-order valence-corrected chi connectivity index (χ3v) is 2.80. The van der Waals surface area contributed by atoms with Gasteiger partial charge in [0.2, 0.25) is 5.91 Å². The molecule has 2 rings (SSSR count). The van der Waals surface area contributed by atoms with E-state index < -0.39 is 4.92 Å². The first-order chi connectivity index (χ1) is 8.52. The maximum absolute atomic E-state index is 11.9. The third-order valence-electron chi connectivity index (χ3n) is 2.80. The lowest BCUT2D eigenvalue weighted by atomic mass is 10.2. The Hall–Kier alpha value is -2.24. The van der Waals surface area contributed by atoms with Crippen LogP contribution in [0.4, 0.5) is 17.1 Å². The predicted octanol–water partition coefficient (Wildman–Crippen LogP) is 2.44. The Kier molecular flexibility index (Phi) is 3.10. The van der Waals surface area contributed by atoms with Gasteiger partial charge in [-0.15, -0.1) is 0 Å². The van der Waals surface area contributed by atoms with Crippen LogP contribution < -0.4 is 4.90 Å². The molecule has 1 aliphatic heterocycles. The fourth-order valence-corrected chi connectivity index (χ4v) is 1.98. The molecular formula is C12H13N3O3. The molecule has 1 heterocycles. The fraction of sp³-hybridized carbons (Fsp3) is 0.333. The molecule has 6 heteroatoms. The van der Waals surface area contributed by atoms with Crippen molar-refractivity contribution in [1.29, 1.82) is 0 Å². The highest BCUT2D eigenvalue weighted by molar-refractivity contribution is 6.11. The molecule has 1 aromatic rings. The molecule has 1 amide bonds. The molecule has 0 atom stereocenters. The minimum Gasteiger partial charge on any atom is -0.310 e. The number of non-ortho nitro benzene ring substituents is 1. The van der Waals surface area contributed by atoms with Crippen molar-refractivity contribution >= 4 is 28.7 Å². The molecule has 0 fully saturated rings. The highest BCUT2D eigenvalue weighted by Crippen LogP contribution is 2.34. The smallest absolute Gasteiger partial charge is 0.271 e. The Bertz CT molecular complexity index is 551. The molecule has 18 heavy (non-hydrogen) atoms. The van der Waals surface area contributed by atoms with Crippen molar-refractivity contribution < 1.29 is 9.72 Å². The number of nitro benzene ring substituents is 1. The Morgan fingerprint density at radius 3 is 2.83 bits per heavy atom. The Balaban J connectivity index is 2.59. The van der Waals surface area contributed by atoms with Crippen molar-refractivity contribution in [2.75, 3.05) is 11.4 Å². The van der Waals surface area contributed by atoms with E-state index in [1.165, 1.54) is 12.1 Å². The van der Waals surface area contributed by atoms with Crippen LogP contribution >= 0.6 is 0 Å². The monoisotopic (exact) mass is 247 g/mol. The molecule has 94 valence electrons. The fourth-order valence-electron chi connectivity index (χ4n) is 1.98. The van der Waals surface area contributed by atoms with Gasteiger partial charge in [-0.2, -0.15) is 0 Å². The first kappa shape index (κ1) is 12.2. The summed E-state index contributed by atoms with van der Waals surface area (Å²) in [6.07, 6.45) is 0.246. The molecule has 0 N–H and O–H groups in total. The van der Waals surface area contributed by atoms with E-state index in [9.17, 15) is 14.9 Å². The van der Waals surface area contributed by atoms with Crippen molar-refractivity contribution in [2.24, 2.45) is 4.99 Å². The summed E-state index contributed by atoms with van der Waals surface area (Å²) < 4.78 is 0. The van der Waals surface area contributed by atoms with Crippen LogP contribution in [0.25, 0.3) is 0 Å². The number of aliphatic imine (C=N–C) groups is 1. The highest BCUT2D eigenvalue weighted by atomic mass is 16.6. The van der Waals surface area contributed by atoms with E-state index in [2.05, 4.69) is 4.99 Å².